The summed E-state index contributed by atoms with van der Waals surface area (Å²) in [5, 5.41) is 3.37. The summed E-state index contributed by atoms with van der Waals surface area (Å²) in [5.41, 5.74) is 2.45. The standard InChI is InChI=1S/C14H19N3/c1-2-15-10-12-13-8-3-4-9-17(13)14(16-12)11-6-5-7-11/h3-4,8-9,11,15H,2,5-7,10H2,1H3. The molecule has 0 radical (unpaired) electrons. The fourth-order valence-electron chi connectivity index (χ4n) is 2.46. The Balaban J connectivity index is 2.03. The van der Waals surface area contributed by atoms with Crippen molar-refractivity contribution in [3.63, 3.8) is 0 Å². The van der Waals surface area contributed by atoms with Gasteiger partial charge in [0.25, 0.3) is 0 Å². The number of pyridine rings is 1. The lowest BCUT2D eigenvalue weighted by Crippen LogP contribution is -2.13. The van der Waals surface area contributed by atoms with Crippen molar-refractivity contribution in [3.8, 4) is 0 Å². The molecule has 0 atom stereocenters. The third-order valence-electron chi connectivity index (χ3n) is 3.66. The summed E-state index contributed by atoms with van der Waals surface area (Å²) in [7, 11) is 0. The van der Waals surface area contributed by atoms with E-state index in [0.717, 1.165) is 13.1 Å². The smallest absolute Gasteiger partial charge is 0.116 e. The number of fused-ring (bicyclic) bond motifs is 1. The van der Waals surface area contributed by atoms with Crippen LogP contribution in [0.25, 0.3) is 5.52 Å². The summed E-state index contributed by atoms with van der Waals surface area (Å²) < 4.78 is 2.27. The molecule has 0 aromatic carbocycles. The first-order valence-electron chi connectivity index (χ1n) is 6.56. The van der Waals surface area contributed by atoms with Crippen LogP contribution in [0.15, 0.2) is 24.4 Å². The van der Waals surface area contributed by atoms with Gasteiger partial charge in [-0.05, 0) is 31.5 Å². The first-order valence-corrected chi connectivity index (χ1v) is 6.56. The molecule has 90 valence electrons. The van der Waals surface area contributed by atoms with Gasteiger partial charge in [0.15, 0.2) is 0 Å². The number of aromatic nitrogens is 2. The van der Waals surface area contributed by atoms with Gasteiger partial charge in [0.2, 0.25) is 0 Å². The molecule has 0 aliphatic heterocycles. The molecule has 0 bridgehead atoms. The third-order valence-corrected chi connectivity index (χ3v) is 3.66. The lowest BCUT2D eigenvalue weighted by Gasteiger charge is -2.23. The van der Waals surface area contributed by atoms with E-state index in [-0.39, 0.29) is 0 Å². The Bertz CT molecular complexity index is 511. The number of nitrogens with one attached hydrogen (secondary N) is 1. The maximum atomic E-state index is 4.85. The van der Waals surface area contributed by atoms with Crippen molar-refractivity contribution >= 4 is 5.52 Å². The fourth-order valence-corrected chi connectivity index (χ4v) is 2.46. The second kappa shape index (κ2) is 4.49. The SMILES string of the molecule is CCNCc1nc(C2CCC2)n2ccccc12. The molecule has 1 aliphatic carbocycles. The largest absolute Gasteiger partial charge is 0.311 e. The second-order valence-corrected chi connectivity index (χ2v) is 4.78. The average Bonchev–Trinajstić information content (AvgIpc) is 2.64. The van der Waals surface area contributed by atoms with Crippen LogP contribution < -0.4 is 5.32 Å². The van der Waals surface area contributed by atoms with E-state index in [1.807, 2.05) is 0 Å². The van der Waals surface area contributed by atoms with Gasteiger partial charge in [0.1, 0.15) is 5.82 Å². The molecule has 3 nitrogen and oxygen atoms in total. The molecule has 2 heterocycles. The molecule has 0 amide bonds. The van der Waals surface area contributed by atoms with Crippen molar-refractivity contribution in [2.75, 3.05) is 6.54 Å². The van der Waals surface area contributed by atoms with Gasteiger partial charge in [-0.1, -0.05) is 19.4 Å². The number of hydrogen-bond donors (Lipinski definition) is 1. The number of hydrogen-bond acceptors (Lipinski definition) is 2. The monoisotopic (exact) mass is 229 g/mol. The lowest BCUT2D eigenvalue weighted by atomic mass is 9.85. The van der Waals surface area contributed by atoms with Crippen LogP contribution in [-0.2, 0) is 6.54 Å². The van der Waals surface area contributed by atoms with Crippen molar-refractivity contribution in [1.82, 2.24) is 14.7 Å². The molecule has 1 saturated carbocycles. The maximum Gasteiger partial charge on any atom is 0.116 e. The molecule has 0 saturated heterocycles. The third kappa shape index (κ3) is 1.84. The van der Waals surface area contributed by atoms with Gasteiger partial charge in [-0.2, -0.15) is 0 Å². The maximum absolute atomic E-state index is 4.85. The summed E-state index contributed by atoms with van der Waals surface area (Å²) in [6, 6.07) is 6.35. The van der Waals surface area contributed by atoms with Gasteiger partial charge in [-0.3, -0.25) is 0 Å². The Morgan fingerprint density at radius 1 is 1.41 bits per heavy atom. The number of imidazole rings is 1. The summed E-state index contributed by atoms with van der Waals surface area (Å²) in [5.74, 6) is 1.94. The Kier molecular flexibility index (Phi) is 2.85. The number of rotatable bonds is 4. The molecule has 1 N–H and O–H groups in total. The quantitative estimate of drug-likeness (QED) is 0.873. The minimum absolute atomic E-state index is 0.681. The zero-order valence-corrected chi connectivity index (χ0v) is 10.3. The molecule has 1 fully saturated rings. The predicted molar refractivity (Wildman–Crippen MR) is 69.2 cm³/mol. The normalized spacial score (nSPS) is 16.3. The van der Waals surface area contributed by atoms with Gasteiger partial charge in [0.05, 0.1) is 11.2 Å². The van der Waals surface area contributed by atoms with Crippen LogP contribution in [0.4, 0.5) is 0 Å². The first-order chi connectivity index (χ1) is 8.40. The Labute approximate surface area is 102 Å². The van der Waals surface area contributed by atoms with E-state index >= 15 is 0 Å². The Morgan fingerprint density at radius 2 is 2.29 bits per heavy atom. The minimum Gasteiger partial charge on any atom is -0.311 e. The molecule has 17 heavy (non-hydrogen) atoms. The van der Waals surface area contributed by atoms with E-state index in [4.69, 9.17) is 4.98 Å². The molecule has 2 aromatic rings. The van der Waals surface area contributed by atoms with Gasteiger partial charge >= 0.3 is 0 Å². The van der Waals surface area contributed by atoms with Crippen LogP contribution in [0.3, 0.4) is 0 Å². The molecule has 3 heteroatoms. The van der Waals surface area contributed by atoms with Crippen molar-refractivity contribution in [2.45, 2.75) is 38.6 Å². The highest BCUT2D eigenvalue weighted by Crippen LogP contribution is 2.36. The molecular formula is C14H19N3. The minimum atomic E-state index is 0.681. The molecule has 3 rings (SSSR count). The van der Waals surface area contributed by atoms with E-state index in [1.165, 1.54) is 36.3 Å². The predicted octanol–water partition coefficient (Wildman–Crippen LogP) is 2.71. The molecule has 0 unspecified atom stereocenters. The highest BCUT2D eigenvalue weighted by Gasteiger charge is 2.24. The topological polar surface area (TPSA) is 29.3 Å². The van der Waals surface area contributed by atoms with Gasteiger partial charge < -0.3 is 9.72 Å². The summed E-state index contributed by atoms with van der Waals surface area (Å²) >= 11 is 0. The van der Waals surface area contributed by atoms with Crippen LogP contribution in [0, 0.1) is 0 Å². The fraction of sp³-hybridized carbons (Fsp3) is 0.500. The molecule has 1 aliphatic rings. The number of nitrogens with zero attached hydrogens (tertiary/aromatic N) is 2. The lowest BCUT2D eigenvalue weighted by molar-refractivity contribution is 0.400. The van der Waals surface area contributed by atoms with E-state index in [9.17, 15) is 0 Å². The van der Waals surface area contributed by atoms with Crippen LogP contribution in [0.5, 0.6) is 0 Å². The zero-order valence-electron chi connectivity index (χ0n) is 10.3. The second-order valence-electron chi connectivity index (χ2n) is 4.78. The van der Waals surface area contributed by atoms with Crippen molar-refractivity contribution in [2.24, 2.45) is 0 Å². The van der Waals surface area contributed by atoms with Crippen LogP contribution >= 0.6 is 0 Å². The van der Waals surface area contributed by atoms with Crippen LogP contribution in [0.2, 0.25) is 0 Å². The van der Waals surface area contributed by atoms with E-state index < -0.39 is 0 Å². The van der Waals surface area contributed by atoms with E-state index in [0.29, 0.717) is 5.92 Å². The first kappa shape index (κ1) is 10.8. The summed E-state index contributed by atoms with van der Waals surface area (Å²) in [6.07, 6.45) is 6.10. The highest BCUT2D eigenvalue weighted by atomic mass is 15.0. The van der Waals surface area contributed by atoms with Crippen LogP contribution in [0.1, 0.15) is 43.6 Å². The van der Waals surface area contributed by atoms with Gasteiger partial charge in [0, 0.05) is 18.7 Å². The van der Waals surface area contributed by atoms with Gasteiger partial charge in [-0.25, -0.2) is 4.98 Å². The molecular weight excluding hydrogens is 210 g/mol. The summed E-state index contributed by atoms with van der Waals surface area (Å²) in [6.45, 7) is 3.99. The van der Waals surface area contributed by atoms with Crippen molar-refractivity contribution in [3.05, 3.63) is 35.9 Å². The van der Waals surface area contributed by atoms with E-state index in [2.05, 4.69) is 41.0 Å². The van der Waals surface area contributed by atoms with Crippen molar-refractivity contribution < 1.29 is 0 Å². The zero-order chi connectivity index (χ0) is 11.7. The average molecular weight is 229 g/mol. The van der Waals surface area contributed by atoms with Crippen molar-refractivity contribution in [1.29, 1.82) is 0 Å². The Hall–Kier alpha value is -1.35. The highest BCUT2D eigenvalue weighted by molar-refractivity contribution is 5.53. The van der Waals surface area contributed by atoms with E-state index in [1.54, 1.807) is 0 Å². The van der Waals surface area contributed by atoms with Gasteiger partial charge in [-0.15, -0.1) is 0 Å². The molecule has 2 aromatic heterocycles. The molecule has 0 spiro atoms. The summed E-state index contributed by atoms with van der Waals surface area (Å²) in [4.78, 5) is 4.85. The Morgan fingerprint density at radius 3 is 3.00 bits per heavy atom. The van der Waals surface area contributed by atoms with Crippen LogP contribution in [-0.4, -0.2) is 15.9 Å².